The molecule has 7 nitrogen and oxygen atoms in total. The summed E-state index contributed by atoms with van der Waals surface area (Å²) in [7, 11) is 7.90. The van der Waals surface area contributed by atoms with Crippen molar-refractivity contribution in [2.75, 3.05) is 38.0 Å². The van der Waals surface area contributed by atoms with Gasteiger partial charge in [0.05, 0.1) is 10.5 Å². The quantitative estimate of drug-likeness (QED) is 0.261. The number of nitro groups is 1. The number of anilines is 2. The summed E-state index contributed by atoms with van der Waals surface area (Å²) in [6, 6.07) is 16.0. The van der Waals surface area contributed by atoms with E-state index in [1.165, 1.54) is 24.4 Å². The highest BCUT2D eigenvalue weighted by Crippen LogP contribution is 2.17. The van der Waals surface area contributed by atoms with E-state index < -0.39 is 4.92 Å². The Labute approximate surface area is 193 Å². The van der Waals surface area contributed by atoms with Gasteiger partial charge in [-0.1, -0.05) is 0 Å². The minimum absolute atomic E-state index is 0. The van der Waals surface area contributed by atoms with Gasteiger partial charge in [-0.15, -0.1) is 0 Å². The monoisotopic (exact) mass is 452 g/mol. The van der Waals surface area contributed by atoms with Gasteiger partial charge in [0.1, 0.15) is 0 Å². The molecule has 32 heavy (non-hydrogen) atoms. The third kappa shape index (κ3) is 5.70. The molecule has 1 aliphatic carbocycles. The van der Waals surface area contributed by atoms with Crippen molar-refractivity contribution in [3.8, 4) is 0 Å². The summed E-state index contributed by atoms with van der Waals surface area (Å²) in [5.41, 5.74) is 4.88. The van der Waals surface area contributed by atoms with Gasteiger partial charge >= 0.3 is 0 Å². The van der Waals surface area contributed by atoms with Gasteiger partial charge in [0.25, 0.3) is 5.70 Å². The molecule has 0 atom stereocenters. The zero-order valence-electron chi connectivity index (χ0n) is 18.4. The van der Waals surface area contributed by atoms with E-state index in [0.29, 0.717) is 0 Å². The first-order chi connectivity index (χ1) is 14.8. The molecule has 0 amide bonds. The van der Waals surface area contributed by atoms with Gasteiger partial charge in [0, 0.05) is 62.8 Å². The Morgan fingerprint density at radius 2 is 1.34 bits per heavy atom. The molecular formula is C24H25ClN4O3. The summed E-state index contributed by atoms with van der Waals surface area (Å²) in [5, 5.41) is 11.1. The van der Waals surface area contributed by atoms with Crippen LogP contribution in [0.15, 0.2) is 84.2 Å². The molecule has 0 saturated carbocycles. The Morgan fingerprint density at radius 1 is 0.875 bits per heavy atom. The van der Waals surface area contributed by atoms with E-state index in [9.17, 15) is 14.9 Å². The van der Waals surface area contributed by atoms with Gasteiger partial charge in [-0.05, 0) is 54.6 Å². The van der Waals surface area contributed by atoms with E-state index in [1.807, 2.05) is 86.5 Å². The smallest absolute Gasteiger partial charge is 0.270 e. The SMILES string of the molecule is CN(C)c1ccc(C(=[NH+]C=C2C=C([N+](=O)[O-])C=CC2=O)c2ccc(N(C)C)cc2)cc1.[Cl-]. The van der Waals surface area contributed by atoms with Crippen molar-refractivity contribution < 1.29 is 27.1 Å². The maximum absolute atomic E-state index is 12.2. The second-order valence-corrected chi connectivity index (χ2v) is 7.53. The zero-order chi connectivity index (χ0) is 22.5. The van der Waals surface area contributed by atoms with E-state index in [2.05, 4.69) is 4.99 Å². The number of carbonyl (C=O) groups excluding carboxylic acids is 1. The lowest BCUT2D eigenvalue weighted by molar-refractivity contribution is -0.419. The molecule has 8 heteroatoms. The number of carbonyl (C=O) groups is 1. The van der Waals surface area contributed by atoms with Gasteiger partial charge in [0.15, 0.2) is 12.0 Å². The van der Waals surface area contributed by atoms with E-state index in [1.54, 1.807) is 0 Å². The molecule has 0 unspecified atom stereocenters. The zero-order valence-corrected chi connectivity index (χ0v) is 19.1. The Hall–Kier alpha value is -3.71. The number of hydrogen-bond donors (Lipinski definition) is 1. The Bertz CT molecular complexity index is 1060. The highest BCUT2D eigenvalue weighted by Gasteiger charge is 2.20. The summed E-state index contributed by atoms with van der Waals surface area (Å²) in [5.74, 6) is -0.289. The topological polar surface area (TPSA) is 80.7 Å². The van der Waals surface area contributed by atoms with E-state index in [4.69, 9.17) is 0 Å². The third-order valence-corrected chi connectivity index (χ3v) is 4.92. The predicted octanol–water partition coefficient (Wildman–Crippen LogP) is -1.08. The number of benzene rings is 2. The number of halogens is 1. The Balaban J connectivity index is 0.00000363. The Kier molecular flexibility index (Phi) is 8.09. The van der Waals surface area contributed by atoms with Crippen molar-refractivity contribution in [3.05, 3.63) is 105 Å². The lowest BCUT2D eigenvalue weighted by Gasteiger charge is -2.13. The highest BCUT2D eigenvalue weighted by atomic mass is 35.5. The van der Waals surface area contributed by atoms with Crippen molar-refractivity contribution in [1.82, 2.24) is 0 Å². The van der Waals surface area contributed by atoms with E-state index in [0.717, 1.165) is 28.2 Å². The molecule has 0 aliphatic heterocycles. The average Bonchev–Trinajstić information content (AvgIpc) is 2.75. The molecule has 0 fully saturated rings. The van der Waals surface area contributed by atoms with Crippen LogP contribution in [0.3, 0.4) is 0 Å². The van der Waals surface area contributed by atoms with Gasteiger partial charge in [-0.25, -0.2) is 4.99 Å². The van der Waals surface area contributed by atoms with Crippen LogP contribution in [0.1, 0.15) is 11.1 Å². The maximum atomic E-state index is 12.2. The molecule has 0 bridgehead atoms. The van der Waals surface area contributed by atoms with Crippen LogP contribution in [0.2, 0.25) is 0 Å². The summed E-state index contributed by atoms with van der Waals surface area (Å²) < 4.78 is 0. The minimum Gasteiger partial charge on any atom is -1.00 e. The molecular weight excluding hydrogens is 428 g/mol. The first kappa shape index (κ1) is 24.6. The van der Waals surface area contributed by atoms with Crippen LogP contribution in [0.25, 0.3) is 0 Å². The molecule has 2 aromatic rings. The van der Waals surface area contributed by atoms with Crippen molar-refractivity contribution in [1.29, 1.82) is 0 Å². The third-order valence-electron chi connectivity index (χ3n) is 4.92. The number of ketones is 1. The van der Waals surface area contributed by atoms with Crippen LogP contribution in [-0.2, 0) is 4.79 Å². The fraction of sp³-hybridized carbons (Fsp3) is 0.167. The van der Waals surface area contributed by atoms with Crippen molar-refractivity contribution in [2.24, 2.45) is 0 Å². The molecule has 0 heterocycles. The molecule has 166 valence electrons. The summed E-state index contributed by atoms with van der Waals surface area (Å²) in [4.78, 5) is 30.0. The lowest BCUT2D eigenvalue weighted by Crippen LogP contribution is -3.00. The van der Waals surface area contributed by atoms with Gasteiger partial charge in [0.2, 0.25) is 5.71 Å². The number of rotatable bonds is 6. The molecule has 3 rings (SSSR count). The highest BCUT2D eigenvalue weighted by molar-refractivity contribution is 6.10. The van der Waals surface area contributed by atoms with Crippen LogP contribution in [-0.4, -0.2) is 44.6 Å². The van der Waals surface area contributed by atoms with Gasteiger partial charge < -0.3 is 22.2 Å². The van der Waals surface area contributed by atoms with Crippen LogP contribution in [0.4, 0.5) is 11.4 Å². The first-order valence-electron chi connectivity index (χ1n) is 9.74. The number of hydrogen-bond acceptors (Lipinski definition) is 5. The molecule has 0 saturated heterocycles. The summed E-state index contributed by atoms with van der Waals surface area (Å²) in [6.45, 7) is 0. The lowest BCUT2D eigenvalue weighted by atomic mass is 10.0. The second kappa shape index (κ2) is 10.5. The van der Waals surface area contributed by atoms with E-state index in [-0.39, 0.29) is 29.5 Å². The molecule has 1 aliphatic rings. The molecule has 2 aromatic carbocycles. The Morgan fingerprint density at radius 3 is 1.75 bits per heavy atom. The molecule has 0 aromatic heterocycles. The largest absolute Gasteiger partial charge is 1.00 e. The van der Waals surface area contributed by atoms with Crippen LogP contribution in [0.5, 0.6) is 0 Å². The fourth-order valence-corrected chi connectivity index (χ4v) is 3.10. The second-order valence-electron chi connectivity index (χ2n) is 7.53. The van der Waals surface area contributed by atoms with E-state index >= 15 is 0 Å². The summed E-state index contributed by atoms with van der Waals surface area (Å²) >= 11 is 0. The minimum atomic E-state index is -0.513. The van der Waals surface area contributed by atoms with Gasteiger partial charge in [-0.2, -0.15) is 0 Å². The predicted molar refractivity (Wildman–Crippen MR) is 123 cm³/mol. The normalized spacial score (nSPS) is 13.8. The van der Waals surface area contributed by atoms with Crippen molar-refractivity contribution in [3.63, 3.8) is 0 Å². The average molecular weight is 453 g/mol. The number of nitrogens with zero attached hydrogens (tertiary/aromatic N) is 3. The van der Waals surface area contributed by atoms with Gasteiger partial charge in [-0.3, -0.25) is 14.9 Å². The molecule has 1 N–H and O–H groups in total. The fourth-order valence-electron chi connectivity index (χ4n) is 3.10. The summed E-state index contributed by atoms with van der Waals surface area (Å²) in [6.07, 6.45) is 5.22. The first-order valence-corrected chi connectivity index (χ1v) is 9.74. The van der Waals surface area contributed by atoms with Crippen molar-refractivity contribution >= 4 is 22.9 Å². The number of allylic oxidation sites excluding steroid dienone is 4. The van der Waals surface area contributed by atoms with Crippen LogP contribution < -0.4 is 27.2 Å². The maximum Gasteiger partial charge on any atom is 0.270 e. The van der Waals surface area contributed by atoms with Crippen LogP contribution >= 0.6 is 0 Å². The number of nitrogens with one attached hydrogen (secondary N) is 1. The standard InChI is InChI=1S/C24H24N4O3.ClH/c1-26(2)20-9-5-17(6-10-20)24(18-7-11-21(12-8-18)27(3)4)25-16-19-15-22(28(30)31)13-14-23(19)29;/h5-16H,1-4H3;1H. The van der Waals surface area contributed by atoms with Crippen molar-refractivity contribution in [2.45, 2.75) is 0 Å². The molecule has 0 spiro atoms. The van der Waals surface area contributed by atoms with Crippen LogP contribution in [0, 0.1) is 10.1 Å². The molecule has 0 radical (unpaired) electrons.